The predicted molar refractivity (Wildman–Crippen MR) is 148 cm³/mol. The van der Waals surface area contributed by atoms with Crippen molar-refractivity contribution < 1.29 is 13.2 Å². The summed E-state index contributed by atoms with van der Waals surface area (Å²) in [5.41, 5.74) is 2.70. The van der Waals surface area contributed by atoms with Crippen molar-refractivity contribution in [1.29, 1.82) is 0 Å². The molecule has 1 aliphatic rings. The van der Waals surface area contributed by atoms with Crippen LogP contribution in [0.1, 0.15) is 47.3 Å². The number of amides is 1. The van der Waals surface area contributed by atoms with E-state index >= 15 is 0 Å². The standard InChI is InChI=1S/C27H27ClN4O3S2/c1-19-23(28)13-14-24-25(19)30-27(36-24)32(18-21-8-4-5-15-29-21)26(33)20-9-11-22(12-10-20)37(34,35)31-16-6-2-3-7-17-31/h4-5,8-15H,2-3,6-7,16-18H2,1H3. The van der Waals surface area contributed by atoms with Gasteiger partial charge < -0.3 is 0 Å². The van der Waals surface area contributed by atoms with Crippen molar-refractivity contribution >= 4 is 54.2 Å². The molecule has 0 aliphatic carbocycles. The van der Waals surface area contributed by atoms with E-state index in [1.165, 1.54) is 23.5 Å². The normalized spacial score (nSPS) is 15.0. The zero-order valence-electron chi connectivity index (χ0n) is 20.4. The third kappa shape index (κ3) is 5.40. The molecule has 5 rings (SSSR count). The van der Waals surface area contributed by atoms with E-state index in [4.69, 9.17) is 16.6 Å². The van der Waals surface area contributed by atoms with Crippen LogP contribution >= 0.6 is 22.9 Å². The van der Waals surface area contributed by atoms with Crippen LogP contribution in [0.4, 0.5) is 5.13 Å². The minimum atomic E-state index is -3.60. The molecule has 0 radical (unpaired) electrons. The van der Waals surface area contributed by atoms with Crippen molar-refractivity contribution in [2.24, 2.45) is 0 Å². The van der Waals surface area contributed by atoms with Crippen molar-refractivity contribution in [3.8, 4) is 0 Å². The van der Waals surface area contributed by atoms with Crippen molar-refractivity contribution in [3.05, 3.63) is 82.6 Å². The van der Waals surface area contributed by atoms with Gasteiger partial charge in [0, 0.05) is 29.9 Å². The fourth-order valence-electron chi connectivity index (χ4n) is 4.44. The molecule has 10 heteroatoms. The molecule has 1 fully saturated rings. The van der Waals surface area contributed by atoms with Gasteiger partial charge in [-0.05, 0) is 73.9 Å². The van der Waals surface area contributed by atoms with Gasteiger partial charge >= 0.3 is 0 Å². The largest absolute Gasteiger partial charge is 0.278 e. The molecule has 0 saturated carbocycles. The highest BCUT2D eigenvalue weighted by atomic mass is 35.5. The topological polar surface area (TPSA) is 83.5 Å². The molecule has 2 aromatic carbocycles. The number of sulfonamides is 1. The van der Waals surface area contributed by atoms with Gasteiger partial charge in [0.1, 0.15) is 0 Å². The Morgan fingerprint density at radius 3 is 2.43 bits per heavy atom. The SMILES string of the molecule is Cc1c(Cl)ccc2sc(N(Cc3ccccn3)C(=O)c3ccc(S(=O)(=O)N4CCCCCC4)cc3)nc12. The molecule has 0 spiro atoms. The summed E-state index contributed by atoms with van der Waals surface area (Å²) >= 11 is 7.71. The van der Waals surface area contributed by atoms with E-state index in [1.807, 2.05) is 37.3 Å². The average Bonchev–Trinajstić information content (AvgIpc) is 3.15. The molecule has 0 unspecified atom stereocenters. The summed E-state index contributed by atoms with van der Waals surface area (Å²) in [6, 6.07) is 15.5. The Bertz CT molecular complexity index is 1510. The Morgan fingerprint density at radius 2 is 1.76 bits per heavy atom. The number of thiazole rings is 1. The highest BCUT2D eigenvalue weighted by Gasteiger charge is 2.27. The maximum atomic E-state index is 13.8. The third-order valence-corrected chi connectivity index (χ3v) is 9.93. The molecule has 7 nitrogen and oxygen atoms in total. The first-order valence-corrected chi connectivity index (χ1v) is 14.9. The van der Waals surface area contributed by atoms with Crippen LogP contribution in [0.15, 0.2) is 65.7 Å². The Morgan fingerprint density at radius 1 is 1.03 bits per heavy atom. The molecule has 4 aromatic rings. The summed E-state index contributed by atoms with van der Waals surface area (Å²) in [6.45, 7) is 3.19. The fraction of sp³-hybridized carbons (Fsp3) is 0.296. The van der Waals surface area contributed by atoms with Gasteiger partial charge in [-0.3, -0.25) is 14.7 Å². The summed E-state index contributed by atoms with van der Waals surface area (Å²) in [7, 11) is -3.60. The van der Waals surface area contributed by atoms with E-state index in [1.54, 1.807) is 27.5 Å². The van der Waals surface area contributed by atoms with E-state index in [9.17, 15) is 13.2 Å². The van der Waals surface area contributed by atoms with E-state index < -0.39 is 10.0 Å². The molecule has 1 aliphatic heterocycles. The number of carbonyl (C=O) groups excluding carboxylic acids is 1. The molecule has 0 atom stereocenters. The average molecular weight is 555 g/mol. The quantitative estimate of drug-likeness (QED) is 0.289. The fourth-order valence-corrected chi connectivity index (χ4v) is 7.13. The lowest BCUT2D eigenvalue weighted by Crippen LogP contribution is -2.32. The lowest BCUT2D eigenvalue weighted by Gasteiger charge is -2.21. The van der Waals surface area contributed by atoms with Gasteiger partial charge in [0.2, 0.25) is 10.0 Å². The summed E-state index contributed by atoms with van der Waals surface area (Å²) in [5, 5.41) is 1.14. The molecule has 192 valence electrons. The van der Waals surface area contributed by atoms with Crippen molar-refractivity contribution in [1.82, 2.24) is 14.3 Å². The number of aromatic nitrogens is 2. The summed E-state index contributed by atoms with van der Waals surface area (Å²) in [5.74, 6) is -0.285. The van der Waals surface area contributed by atoms with Gasteiger partial charge in [0.15, 0.2) is 5.13 Å². The maximum Gasteiger partial charge on any atom is 0.260 e. The van der Waals surface area contributed by atoms with Crippen LogP contribution in [-0.4, -0.2) is 41.7 Å². The minimum Gasteiger partial charge on any atom is -0.278 e. The van der Waals surface area contributed by atoms with Crippen LogP contribution in [0.2, 0.25) is 5.02 Å². The van der Waals surface area contributed by atoms with Gasteiger partial charge in [-0.25, -0.2) is 13.4 Å². The molecule has 2 aromatic heterocycles. The first-order valence-electron chi connectivity index (χ1n) is 12.2. The number of hydrogen-bond acceptors (Lipinski definition) is 6. The number of halogens is 1. The highest BCUT2D eigenvalue weighted by Crippen LogP contribution is 2.35. The number of carbonyl (C=O) groups is 1. The Hall–Kier alpha value is -2.85. The van der Waals surface area contributed by atoms with Gasteiger partial charge in [-0.2, -0.15) is 4.31 Å². The van der Waals surface area contributed by atoms with Gasteiger partial charge in [0.25, 0.3) is 5.91 Å². The molecular weight excluding hydrogens is 528 g/mol. The zero-order chi connectivity index (χ0) is 26.0. The van der Waals surface area contributed by atoms with E-state index in [0.717, 1.165) is 41.5 Å². The second-order valence-corrected chi connectivity index (χ2v) is 12.4. The van der Waals surface area contributed by atoms with E-state index in [-0.39, 0.29) is 17.3 Å². The number of rotatable bonds is 6. The number of fused-ring (bicyclic) bond motifs is 1. The molecule has 1 saturated heterocycles. The van der Waals surface area contributed by atoms with Crippen molar-refractivity contribution in [2.75, 3.05) is 18.0 Å². The summed E-state index contributed by atoms with van der Waals surface area (Å²) in [4.78, 5) is 24.7. The van der Waals surface area contributed by atoms with Crippen LogP contribution in [-0.2, 0) is 16.6 Å². The lowest BCUT2D eigenvalue weighted by molar-refractivity contribution is 0.0984. The third-order valence-electron chi connectivity index (χ3n) is 6.56. The van der Waals surface area contributed by atoms with Crippen LogP contribution in [0, 0.1) is 6.92 Å². The Kier molecular flexibility index (Phi) is 7.57. The number of anilines is 1. The van der Waals surface area contributed by atoms with Gasteiger partial charge in [0.05, 0.1) is 27.4 Å². The number of hydrogen-bond donors (Lipinski definition) is 0. The molecular formula is C27H27ClN4O3S2. The molecule has 1 amide bonds. The molecule has 37 heavy (non-hydrogen) atoms. The minimum absolute atomic E-state index is 0.201. The first-order chi connectivity index (χ1) is 17.8. The predicted octanol–water partition coefficient (Wildman–Crippen LogP) is 6.06. The van der Waals surface area contributed by atoms with Crippen molar-refractivity contribution in [2.45, 2.75) is 44.0 Å². The number of pyridine rings is 1. The summed E-state index contributed by atoms with van der Waals surface area (Å²) in [6.07, 6.45) is 5.51. The summed E-state index contributed by atoms with van der Waals surface area (Å²) < 4.78 is 28.8. The lowest BCUT2D eigenvalue weighted by atomic mass is 10.2. The van der Waals surface area contributed by atoms with Crippen LogP contribution in [0.25, 0.3) is 10.2 Å². The zero-order valence-corrected chi connectivity index (χ0v) is 22.8. The molecule has 3 heterocycles. The number of aryl methyl sites for hydroxylation is 1. The van der Waals surface area contributed by atoms with Crippen LogP contribution in [0.3, 0.4) is 0 Å². The first kappa shape index (κ1) is 25.8. The molecule has 0 N–H and O–H groups in total. The van der Waals surface area contributed by atoms with E-state index in [2.05, 4.69) is 4.98 Å². The second kappa shape index (κ2) is 10.9. The van der Waals surface area contributed by atoms with Crippen LogP contribution < -0.4 is 4.90 Å². The number of benzene rings is 2. The van der Waals surface area contributed by atoms with Crippen LogP contribution in [0.5, 0.6) is 0 Å². The van der Waals surface area contributed by atoms with E-state index in [0.29, 0.717) is 34.5 Å². The number of nitrogens with zero attached hydrogens (tertiary/aromatic N) is 4. The Balaban J connectivity index is 1.47. The Labute approximate surface area is 225 Å². The van der Waals surface area contributed by atoms with Gasteiger partial charge in [-0.15, -0.1) is 0 Å². The highest BCUT2D eigenvalue weighted by molar-refractivity contribution is 7.89. The maximum absolute atomic E-state index is 13.8. The van der Waals surface area contributed by atoms with Crippen molar-refractivity contribution in [3.63, 3.8) is 0 Å². The molecule has 0 bridgehead atoms. The second-order valence-electron chi connectivity index (χ2n) is 9.07. The van der Waals surface area contributed by atoms with Gasteiger partial charge in [-0.1, -0.05) is 41.8 Å². The smallest absolute Gasteiger partial charge is 0.260 e. The monoisotopic (exact) mass is 554 g/mol.